The number of carbonyl (C=O) groups is 2. The quantitative estimate of drug-likeness (QED) is 0.171. The van der Waals surface area contributed by atoms with Gasteiger partial charge in [0.05, 0.1) is 6.42 Å². The Morgan fingerprint density at radius 3 is 2.37 bits per heavy atom. The summed E-state index contributed by atoms with van der Waals surface area (Å²) < 4.78 is 0. The molecule has 2 saturated heterocycles. The Morgan fingerprint density at radius 1 is 1.26 bits per heavy atom. The van der Waals surface area contributed by atoms with Crippen LogP contribution in [0.25, 0.3) is 0 Å². The molecular formula is C19H34KN3O4. The number of fused-ring (bicyclic) bond motifs is 5. The van der Waals surface area contributed by atoms with Crippen molar-refractivity contribution in [2.75, 3.05) is 33.3 Å². The molecule has 0 aromatic rings. The molecule has 5 atom stereocenters. The molecule has 4 rings (SSSR count). The number of carboxylic acids is 1. The van der Waals surface area contributed by atoms with E-state index in [9.17, 15) is 9.59 Å². The first kappa shape index (κ1) is 27.2. The standard InChI is InChI=1S/C10H15N.C4H7NO3.C4H9N.CH3O.K/c1-6-10-8-3-2-7(4-8)9(10)5-11-6;6-3-5-2-1-4(7)8;1-2-4-5-3-1;1-2;/h2-3,6-11H,4-5H2,1H3;3H,1-2H2,(H,5,6)(H,7,8);5H,1-4H2;1H3;/q;;;-1;+1. The van der Waals surface area contributed by atoms with E-state index in [1.54, 1.807) is 0 Å². The van der Waals surface area contributed by atoms with Crippen molar-refractivity contribution >= 4 is 12.4 Å². The molecule has 2 bridgehead atoms. The van der Waals surface area contributed by atoms with Gasteiger partial charge in [-0.15, -0.1) is 0 Å². The number of amides is 1. The van der Waals surface area contributed by atoms with Crippen molar-refractivity contribution in [3.63, 3.8) is 0 Å². The zero-order chi connectivity index (χ0) is 19.4. The van der Waals surface area contributed by atoms with Crippen molar-refractivity contribution in [2.24, 2.45) is 23.7 Å². The van der Waals surface area contributed by atoms with Crippen LogP contribution < -0.4 is 72.4 Å². The summed E-state index contributed by atoms with van der Waals surface area (Å²) in [6.07, 6.45) is 9.60. The molecule has 1 saturated carbocycles. The van der Waals surface area contributed by atoms with Gasteiger partial charge >= 0.3 is 57.4 Å². The average molecular weight is 408 g/mol. The van der Waals surface area contributed by atoms with Gasteiger partial charge in [-0.1, -0.05) is 12.2 Å². The van der Waals surface area contributed by atoms with Crippen molar-refractivity contribution in [1.82, 2.24) is 16.0 Å². The number of carboxylic acid groups (broad SMARTS) is 1. The van der Waals surface area contributed by atoms with Crippen LogP contribution in [0.15, 0.2) is 12.2 Å². The summed E-state index contributed by atoms with van der Waals surface area (Å²) in [6, 6.07) is 0.778. The van der Waals surface area contributed by atoms with E-state index in [4.69, 9.17) is 10.2 Å². The van der Waals surface area contributed by atoms with Crippen molar-refractivity contribution in [1.29, 1.82) is 0 Å². The largest absolute Gasteiger partial charge is 1.00 e. The predicted octanol–water partition coefficient (Wildman–Crippen LogP) is -3.03. The SMILES string of the molecule is C1CCNC1.CC1NCC2C3C=CC(C3)C12.C[O-].O=CNCCC(=O)O.[K+]. The number of hydrogen-bond donors (Lipinski definition) is 4. The number of hydrogen-bond acceptors (Lipinski definition) is 5. The molecule has 5 unspecified atom stereocenters. The zero-order valence-corrected chi connectivity index (χ0v) is 20.1. The van der Waals surface area contributed by atoms with Gasteiger partial charge in [-0.2, -0.15) is 7.11 Å². The molecule has 2 heterocycles. The van der Waals surface area contributed by atoms with Crippen LogP contribution in [0, 0.1) is 23.7 Å². The second-order valence-electron chi connectivity index (χ2n) is 7.06. The van der Waals surface area contributed by atoms with Crippen LogP contribution in [0.2, 0.25) is 0 Å². The molecule has 0 aromatic carbocycles. The minimum atomic E-state index is -0.903. The van der Waals surface area contributed by atoms with Gasteiger partial charge in [-0.25, -0.2) is 0 Å². The van der Waals surface area contributed by atoms with Crippen LogP contribution >= 0.6 is 0 Å². The Kier molecular flexibility index (Phi) is 16.2. The van der Waals surface area contributed by atoms with Gasteiger partial charge in [0.1, 0.15) is 0 Å². The Labute approximate surface area is 205 Å². The van der Waals surface area contributed by atoms with E-state index in [1.807, 2.05) is 0 Å². The Bertz CT molecular complexity index is 439. The van der Waals surface area contributed by atoms with Crippen LogP contribution in [0.1, 0.15) is 32.6 Å². The van der Waals surface area contributed by atoms with Crippen molar-refractivity contribution in [3.05, 3.63) is 12.2 Å². The molecule has 0 radical (unpaired) electrons. The summed E-state index contributed by atoms with van der Waals surface area (Å²) in [4.78, 5) is 19.2. The summed E-state index contributed by atoms with van der Waals surface area (Å²) in [7, 11) is 0.750. The molecule has 4 aliphatic rings. The molecule has 150 valence electrons. The van der Waals surface area contributed by atoms with Gasteiger partial charge in [0.2, 0.25) is 6.41 Å². The Morgan fingerprint density at radius 2 is 1.89 bits per heavy atom. The third-order valence-electron chi connectivity index (χ3n) is 5.47. The van der Waals surface area contributed by atoms with Crippen molar-refractivity contribution in [3.8, 4) is 0 Å². The monoisotopic (exact) mass is 407 g/mol. The topological polar surface area (TPSA) is 114 Å². The summed E-state index contributed by atoms with van der Waals surface area (Å²) >= 11 is 0. The maximum Gasteiger partial charge on any atom is 1.00 e. The third-order valence-corrected chi connectivity index (χ3v) is 5.47. The van der Waals surface area contributed by atoms with Crippen molar-refractivity contribution in [2.45, 2.75) is 38.6 Å². The molecule has 0 aromatic heterocycles. The van der Waals surface area contributed by atoms with Crippen LogP contribution in [0.3, 0.4) is 0 Å². The van der Waals surface area contributed by atoms with E-state index >= 15 is 0 Å². The van der Waals surface area contributed by atoms with E-state index in [1.165, 1.54) is 38.9 Å². The van der Waals surface area contributed by atoms with E-state index in [0.717, 1.165) is 36.8 Å². The zero-order valence-electron chi connectivity index (χ0n) is 16.9. The van der Waals surface area contributed by atoms with Gasteiger partial charge in [-0.3, -0.25) is 9.59 Å². The molecule has 8 heteroatoms. The first-order valence-electron chi connectivity index (χ1n) is 9.55. The fraction of sp³-hybridized carbons (Fsp3) is 0.789. The maximum absolute atomic E-state index is 9.72. The third kappa shape index (κ3) is 9.49. The molecule has 27 heavy (non-hydrogen) atoms. The summed E-state index contributed by atoms with van der Waals surface area (Å²) in [6.45, 7) is 6.33. The van der Waals surface area contributed by atoms with Crippen LogP contribution in [0.4, 0.5) is 0 Å². The Balaban J connectivity index is 0.000000377. The van der Waals surface area contributed by atoms with Crippen LogP contribution in [0.5, 0.6) is 0 Å². The van der Waals surface area contributed by atoms with E-state index in [2.05, 4.69) is 35.0 Å². The second kappa shape index (κ2) is 16.0. The minimum absolute atomic E-state index is 0. The number of allylic oxidation sites excluding steroid dienone is 2. The molecular weight excluding hydrogens is 373 g/mol. The maximum atomic E-state index is 9.72. The molecule has 1 amide bonds. The molecule has 7 nitrogen and oxygen atoms in total. The molecule has 3 fully saturated rings. The van der Waals surface area contributed by atoms with Gasteiger partial charge < -0.3 is 26.2 Å². The van der Waals surface area contributed by atoms with E-state index in [0.29, 0.717) is 6.41 Å². The van der Waals surface area contributed by atoms with Crippen LogP contribution in [-0.2, 0) is 9.59 Å². The summed E-state index contributed by atoms with van der Waals surface area (Å²) in [5.41, 5.74) is 0. The van der Waals surface area contributed by atoms with E-state index in [-0.39, 0.29) is 64.4 Å². The molecule has 4 N–H and O–H groups in total. The predicted molar refractivity (Wildman–Crippen MR) is 99.5 cm³/mol. The van der Waals surface area contributed by atoms with Gasteiger partial charge in [0.15, 0.2) is 0 Å². The fourth-order valence-electron chi connectivity index (χ4n) is 4.31. The van der Waals surface area contributed by atoms with Crippen molar-refractivity contribution < 1.29 is 71.2 Å². The summed E-state index contributed by atoms with van der Waals surface area (Å²) in [5.74, 6) is 2.92. The first-order valence-corrected chi connectivity index (χ1v) is 9.55. The van der Waals surface area contributed by atoms with Gasteiger partial charge in [0, 0.05) is 12.6 Å². The van der Waals surface area contributed by atoms with Crippen LogP contribution in [-0.4, -0.2) is 56.8 Å². The number of nitrogens with one attached hydrogen (secondary N) is 3. The number of aliphatic carboxylic acids is 1. The Hall–Kier alpha value is 0.196. The molecule has 0 spiro atoms. The second-order valence-corrected chi connectivity index (χ2v) is 7.06. The normalized spacial score (nSPS) is 31.0. The average Bonchev–Trinajstić information content (AvgIpc) is 3.43. The van der Waals surface area contributed by atoms with E-state index < -0.39 is 5.97 Å². The minimum Gasteiger partial charge on any atom is -0.857 e. The smallest absolute Gasteiger partial charge is 0.857 e. The van der Waals surface area contributed by atoms with Gasteiger partial charge in [-0.05, 0) is 69.5 Å². The number of rotatable bonds is 4. The number of carbonyl (C=O) groups excluding carboxylic acids is 1. The molecule has 2 aliphatic carbocycles. The molecule has 2 aliphatic heterocycles. The van der Waals surface area contributed by atoms with Gasteiger partial charge in [0.25, 0.3) is 0 Å². The summed E-state index contributed by atoms with van der Waals surface area (Å²) in [5, 5.41) is 25.3. The fourth-order valence-corrected chi connectivity index (χ4v) is 4.31. The first-order chi connectivity index (χ1) is 12.6.